The van der Waals surface area contributed by atoms with Gasteiger partial charge >= 0.3 is 6.18 Å². The maximum absolute atomic E-state index is 12.6. The number of alkyl halides is 3. The van der Waals surface area contributed by atoms with E-state index in [9.17, 15) is 23.1 Å². The summed E-state index contributed by atoms with van der Waals surface area (Å²) in [5, 5.41) is 13.0. The summed E-state index contributed by atoms with van der Waals surface area (Å²) in [4.78, 5) is 11.9. The van der Waals surface area contributed by atoms with Crippen LogP contribution in [0.25, 0.3) is 0 Å². The van der Waals surface area contributed by atoms with Crippen LogP contribution in [0.4, 0.5) is 13.2 Å². The Hall–Kier alpha value is -1.96. The molecule has 9 heteroatoms. The van der Waals surface area contributed by atoms with Crippen molar-refractivity contribution < 1.29 is 27.8 Å². The van der Waals surface area contributed by atoms with E-state index in [2.05, 4.69) is 5.32 Å². The minimum absolute atomic E-state index is 0.0296. The highest BCUT2D eigenvalue weighted by atomic mass is 35.5. The van der Waals surface area contributed by atoms with Crippen LogP contribution in [-0.2, 0) is 17.4 Å². The predicted octanol–water partition coefficient (Wildman–Crippen LogP) is 4.11. The molecule has 0 bridgehead atoms. The van der Waals surface area contributed by atoms with Gasteiger partial charge in [-0.25, -0.2) is 0 Å². The monoisotopic (exact) mass is 421 g/mol. The van der Waals surface area contributed by atoms with Crippen molar-refractivity contribution in [2.24, 2.45) is 0 Å². The summed E-state index contributed by atoms with van der Waals surface area (Å²) in [6.07, 6.45) is -5.66. The van der Waals surface area contributed by atoms with Crippen molar-refractivity contribution in [2.45, 2.75) is 18.7 Å². The molecule has 0 heterocycles. The highest BCUT2D eigenvalue weighted by Gasteiger charge is 2.30. The highest BCUT2D eigenvalue weighted by molar-refractivity contribution is 6.36. The predicted molar refractivity (Wildman–Crippen MR) is 96.1 cm³/mol. The molecule has 2 rings (SSSR count). The molecule has 0 aromatic heterocycles. The van der Waals surface area contributed by atoms with Crippen molar-refractivity contribution in [2.75, 3.05) is 13.2 Å². The summed E-state index contributed by atoms with van der Waals surface area (Å²) >= 11 is 12.0. The molecule has 0 fully saturated rings. The quantitative estimate of drug-likeness (QED) is 0.706. The molecule has 2 N–H and O–H groups in total. The molecule has 2 aromatic rings. The van der Waals surface area contributed by atoms with Crippen molar-refractivity contribution in [3.8, 4) is 5.75 Å². The van der Waals surface area contributed by atoms with E-state index in [4.69, 9.17) is 27.9 Å². The van der Waals surface area contributed by atoms with Gasteiger partial charge in [-0.2, -0.15) is 13.2 Å². The lowest BCUT2D eigenvalue weighted by atomic mass is 10.1. The summed E-state index contributed by atoms with van der Waals surface area (Å²) in [6, 6.07) is 9.18. The zero-order chi connectivity index (χ0) is 20.0. The first-order valence-corrected chi connectivity index (χ1v) is 8.60. The van der Waals surface area contributed by atoms with Crippen LogP contribution in [-0.4, -0.2) is 30.3 Å². The molecule has 0 spiro atoms. The zero-order valence-electron chi connectivity index (χ0n) is 13.9. The van der Waals surface area contributed by atoms with Crippen LogP contribution in [0.1, 0.15) is 11.1 Å². The first-order chi connectivity index (χ1) is 12.7. The molecule has 0 radical (unpaired) electrons. The average molecular weight is 422 g/mol. The van der Waals surface area contributed by atoms with Gasteiger partial charge in [-0.05, 0) is 35.9 Å². The lowest BCUT2D eigenvalue weighted by Crippen LogP contribution is -2.36. The number of carbonyl (C=O) groups is 1. The largest absolute Gasteiger partial charge is 0.491 e. The van der Waals surface area contributed by atoms with Gasteiger partial charge in [0.05, 0.1) is 12.0 Å². The number of hydrogen-bond acceptors (Lipinski definition) is 3. The molecule has 0 saturated carbocycles. The van der Waals surface area contributed by atoms with Gasteiger partial charge in [0.2, 0.25) is 5.91 Å². The zero-order valence-corrected chi connectivity index (χ0v) is 15.4. The van der Waals surface area contributed by atoms with Gasteiger partial charge in [-0.15, -0.1) is 0 Å². The van der Waals surface area contributed by atoms with Gasteiger partial charge in [0.1, 0.15) is 18.5 Å². The van der Waals surface area contributed by atoms with Crippen molar-refractivity contribution in [3.63, 3.8) is 0 Å². The fraction of sp³-hybridized carbons (Fsp3) is 0.278. The summed E-state index contributed by atoms with van der Waals surface area (Å²) in [5.41, 5.74) is -0.382. The van der Waals surface area contributed by atoms with E-state index in [0.717, 1.165) is 12.1 Å². The summed E-state index contributed by atoms with van der Waals surface area (Å²) in [6.45, 7) is -0.422. The van der Waals surface area contributed by atoms with Gasteiger partial charge in [0, 0.05) is 16.6 Å². The first-order valence-electron chi connectivity index (χ1n) is 7.84. The van der Waals surface area contributed by atoms with E-state index in [0.29, 0.717) is 15.6 Å². The molecule has 1 unspecified atom stereocenters. The number of aliphatic hydroxyl groups excluding tert-OH is 1. The summed E-state index contributed by atoms with van der Waals surface area (Å²) < 4.78 is 43.1. The number of amides is 1. The Labute approximate surface area is 163 Å². The molecule has 0 aliphatic rings. The molecule has 0 saturated heterocycles. The Morgan fingerprint density at radius 2 is 1.78 bits per heavy atom. The van der Waals surface area contributed by atoms with Crippen LogP contribution in [0, 0.1) is 0 Å². The fourth-order valence-corrected chi connectivity index (χ4v) is 2.70. The number of ether oxygens (including phenoxy) is 1. The molecular weight excluding hydrogens is 406 g/mol. The Morgan fingerprint density at radius 3 is 2.41 bits per heavy atom. The number of carbonyl (C=O) groups excluding carboxylic acids is 1. The van der Waals surface area contributed by atoms with Crippen LogP contribution in [0.3, 0.4) is 0 Å². The van der Waals surface area contributed by atoms with E-state index in [-0.39, 0.29) is 25.3 Å². The Balaban J connectivity index is 1.81. The smallest absolute Gasteiger partial charge is 0.416 e. The number of benzene rings is 2. The third kappa shape index (κ3) is 6.61. The molecule has 146 valence electrons. The molecule has 1 amide bonds. The van der Waals surface area contributed by atoms with Crippen molar-refractivity contribution in [3.05, 3.63) is 63.6 Å². The average Bonchev–Trinajstić information content (AvgIpc) is 2.61. The third-order valence-electron chi connectivity index (χ3n) is 3.54. The second-order valence-corrected chi connectivity index (χ2v) is 6.49. The SMILES string of the molecule is O=C(Cc1c(Cl)cccc1Cl)NCC(O)COc1cccc(C(F)(F)F)c1. The van der Waals surface area contributed by atoms with Crippen LogP contribution >= 0.6 is 23.2 Å². The summed E-state index contributed by atoms with van der Waals surface area (Å²) in [7, 11) is 0. The highest BCUT2D eigenvalue weighted by Crippen LogP contribution is 2.31. The van der Waals surface area contributed by atoms with Gasteiger partial charge < -0.3 is 15.2 Å². The van der Waals surface area contributed by atoms with Crippen molar-refractivity contribution in [1.29, 1.82) is 0 Å². The summed E-state index contributed by atoms with van der Waals surface area (Å²) in [5.74, 6) is -0.443. The Bertz CT molecular complexity index is 779. The van der Waals surface area contributed by atoms with Gasteiger partial charge in [0.25, 0.3) is 0 Å². The van der Waals surface area contributed by atoms with Gasteiger partial charge in [0.15, 0.2) is 0 Å². The van der Waals surface area contributed by atoms with E-state index >= 15 is 0 Å². The van der Waals surface area contributed by atoms with Crippen LogP contribution in [0.2, 0.25) is 10.0 Å². The van der Waals surface area contributed by atoms with Gasteiger partial charge in [-0.3, -0.25) is 4.79 Å². The Kier molecular flexibility index (Phi) is 7.35. The number of aliphatic hydroxyl groups is 1. The minimum atomic E-state index is -4.48. The molecule has 27 heavy (non-hydrogen) atoms. The van der Waals surface area contributed by atoms with Crippen LogP contribution in [0.5, 0.6) is 5.75 Å². The Morgan fingerprint density at radius 1 is 1.15 bits per heavy atom. The molecule has 0 aliphatic carbocycles. The lowest BCUT2D eigenvalue weighted by molar-refractivity contribution is -0.137. The number of halogens is 5. The molecule has 2 aromatic carbocycles. The third-order valence-corrected chi connectivity index (χ3v) is 4.25. The maximum atomic E-state index is 12.6. The van der Waals surface area contributed by atoms with E-state index in [1.165, 1.54) is 12.1 Å². The number of nitrogens with one attached hydrogen (secondary N) is 1. The standard InChI is InChI=1S/C18H16Cl2F3NO3/c19-15-5-2-6-16(20)14(15)8-17(26)24-9-12(25)10-27-13-4-1-3-11(7-13)18(21,22)23/h1-7,12,25H,8-10H2,(H,24,26). The van der Waals surface area contributed by atoms with Crippen molar-refractivity contribution in [1.82, 2.24) is 5.32 Å². The molecule has 1 atom stereocenters. The van der Waals surface area contributed by atoms with E-state index in [1.807, 2.05) is 0 Å². The first kappa shape index (κ1) is 21.3. The molecule has 4 nitrogen and oxygen atoms in total. The second-order valence-electron chi connectivity index (χ2n) is 5.67. The van der Waals surface area contributed by atoms with Crippen molar-refractivity contribution >= 4 is 29.1 Å². The fourth-order valence-electron chi connectivity index (χ4n) is 2.17. The molecular formula is C18H16Cl2F3NO3. The number of hydrogen-bond donors (Lipinski definition) is 2. The van der Waals surface area contributed by atoms with Gasteiger partial charge in [-0.1, -0.05) is 35.3 Å². The second kappa shape index (κ2) is 9.30. The topological polar surface area (TPSA) is 58.6 Å². The number of rotatable bonds is 7. The van der Waals surface area contributed by atoms with E-state index in [1.54, 1.807) is 18.2 Å². The molecule has 0 aliphatic heterocycles. The minimum Gasteiger partial charge on any atom is -0.491 e. The van der Waals surface area contributed by atoms with Crippen LogP contribution in [0.15, 0.2) is 42.5 Å². The van der Waals surface area contributed by atoms with E-state index < -0.39 is 23.8 Å². The van der Waals surface area contributed by atoms with Crippen LogP contribution < -0.4 is 10.1 Å². The normalized spacial score (nSPS) is 12.5. The maximum Gasteiger partial charge on any atom is 0.416 e. The lowest BCUT2D eigenvalue weighted by Gasteiger charge is -2.15.